The van der Waals surface area contributed by atoms with E-state index in [9.17, 15) is 19.2 Å². The molecule has 1 fully saturated rings. The number of rotatable bonds is 5. The van der Waals surface area contributed by atoms with Crippen LogP contribution >= 0.6 is 34.7 Å². The largest absolute Gasteiger partial charge is 0.325 e. The Bertz CT molecular complexity index is 1670. The lowest BCUT2D eigenvalue weighted by Crippen LogP contribution is -2.33. The highest BCUT2D eigenvalue weighted by molar-refractivity contribution is 8.00. The zero-order valence-corrected chi connectivity index (χ0v) is 22.9. The molecule has 3 amide bonds. The van der Waals surface area contributed by atoms with Gasteiger partial charge in [0.05, 0.1) is 16.6 Å². The molecule has 196 valence electrons. The first-order chi connectivity index (χ1) is 18.8. The number of hydrogen-bond acceptors (Lipinski definition) is 7. The van der Waals surface area contributed by atoms with Gasteiger partial charge in [-0.1, -0.05) is 52.9 Å². The molecule has 0 bridgehead atoms. The number of halogens is 1. The Labute approximate surface area is 236 Å². The first-order valence-electron chi connectivity index (χ1n) is 12.1. The topological polar surface area (TPSA) is 101 Å². The number of anilines is 2. The van der Waals surface area contributed by atoms with Gasteiger partial charge in [0, 0.05) is 33.9 Å². The third-order valence-corrected chi connectivity index (χ3v) is 9.64. The van der Waals surface area contributed by atoms with Gasteiger partial charge in [0.15, 0.2) is 0 Å². The molecule has 0 saturated carbocycles. The van der Waals surface area contributed by atoms with E-state index in [0.717, 1.165) is 22.5 Å². The number of nitrogens with zero attached hydrogens (tertiary/aromatic N) is 3. The molecule has 0 aliphatic carbocycles. The quantitative estimate of drug-likeness (QED) is 0.346. The van der Waals surface area contributed by atoms with Crippen LogP contribution in [0.2, 0.25) is 5.02 Å². The molecule has 4 heterocycles. The average Bonchev–Trinajstić information content (AvgIpc) is 3.36. The van der Waals surface area contributed by atoms with Crippen LogP contribution in [0.15, 0.2) is 82.9 Å². The van der Waals surface area contributed by atoms with Gasteiger partial charge in [0.2, 0.25) is 17.7 Å². The zero-order valence-electron chi connectivity index (χ0n) is 20.5. The van der Waals surface area contributed by atoms with E-state index in [0.29, 0.717) is 26.3 Å². The summed E-state index contributed by atoms with van der Waals surface area (Å²) in [6, 6.07) is 17.5. The molecule has 39 heavy (non-hydrogen) atoms. The van der Waals surface area contributed by atoms with Gasteiger partial charge in [-0.2, -0.15) is 0 Å². The maximum Gasteiger partial charge on any atom is 0.308 e. The van der Waals surface area contributed by atoms with E-state index >= 15 is 0 Å². The molecule has 1 saturated heterocycles. The highest BCUT2D eigenvalue weighted by Gasteiger charge is 2.56. The van der Waals surface area contributed by atoms with E-state index in [1.807, 2.05) is 31.2 Å². The monoisotopic (exact) mass is 576 g/mol. The van der Waals surface area contributed by atoms with Crippen molar-refractivity contribution < 1.29 is 14.4 Å². The van der Waals surface area contributed by atoms with Crippen LogP contribution in [0.4, 0.5) is 11.4 Å². The number of aryl methyl sites for hydroxylation is 1. The Hall–Kier alpha value is -3.73. The van der Waals surface area contributed by atoms with Crippen LogP contribution in [-0.4, -0.2) is 32.5 Å². The van der Waals surface area contributed by atoms with Crippen molar-refractivity contribution in [2.45, 2.75) is 29.7 Å². The molecule has 11 heteroatoms. The van der Waals surface area contributed by atoms with Gasteiger partial charge in [-0.25, -0.2) is 4.90 Å². The summed E-state index contributed by atoms with van der Waals surface area (Å²) in [5, 5.41) is 3.09. The number of fused-ring (bicyclic) bond motifs is 2. The number of thiazole rings is 1. The Morgan fingerprint density at radius 2 is 1.85 bits per heavy atom. The number of imide groups is 1. The summed E-state index contributed by atoms with van der Waals surface area (Å²) in [5.41, 5.74) is 2.79. The summed E-state index contributed by atoms with van der Waals surface area (Å²) in [6.45, 7) is 1.71. The summed E-state index contributed by atoms with van der Waals surface area (Å²) in [6.07, 6.45) is 3.29. The molecule has 3 atom stereocenters. The van der Waals surface area contributed by atoms with Crippen molar-refractivity contribution in [1.82, 2.24) is 9.55 Å². The second-order valence-corrected chi connectivity index (χ2v) is 11.9. The minimum Gasteiger partial charge on any atom is -0.325 e. The Balaban J connectivity index is 1.40. The van der Waals surface area contributed by atoms with E-state index < -0.39 is 17.1 Å². The van der Waals surface area contributed by atoms with Crippen molar-refractivity contribution in [3.8, 4) is 0 Å². The van der Waals surface area contributed by atoms with Gasteiger partial charge in [0.25, 0.3) is 0 Å². The summed E-state index contributed by atoms with van der Waals surface area (Å²) in [4.78, 5) is 59.5. The van der Waals surface area contributed by atoms with Crippen LogP contribution in [0.5, 0.6) is 0 Å². The van der Waals surface area contributed by atoms with Crippen LogP contribution in [-0.2, 0) is 20.9 Å². The molecule has 0 spiro atoms. The Morgan fingerprint density at radius 1 is 1.05 bits per heavy atom. The number of pyridine rings is 1. The molecule has 6 rings (SSSR count). The highest BCUT2D eigenvalue weighted by Crippen LogP contribution is 2.53. The SMILES string of the molecule is Cc1cccc(NC(=O)Cn2c3c(sc2=O)C(c2cccnc2)C2C(=O)N(c4ccc(Cl)cc4)C(=O)C2S3)c1. The second kappa shape index (κ2) is 10.1. The van der Waals surface area contributed by atoms with Gasteiger partial charge in [-0.3, -0.25) is 28.7 Å². The molecule has 3 unspecified atom stereocenters. The maximum atomic E-state index is 13.8. The predicted octanol–water partition coefficient (Wildman–Crippen LogP) is 4.70. The normalized spacial score (nSPS) is 20.1. The molecule has 2 aliphatic heterocycles. The summed E-state index contributed by atoms with van der Waals surface area (Å²) >= 11 is 8.21. The van der Waals surface area contributed by atoms with Crippen molar-refractivity contribution in [1.29, 1.82) is 0 Å². The number of hydrogen-bond donors (Lipinski definition) is 1. The molecule has 2 aromatic heterocycles. The lowest BCUT2D eigenvalue weighted by Gasteiger charge is -2.30. The third kappa shape index (κ3) is 4.58. The zero-order chi connectivity index (χ0) is 27.3. The van der Waals surface area contributed by atoms with Gasteiger partial charge in [-0.05, 0) is 60.5 Å². The first kappa shape index (κ1) is 25.5. The number of carbonyl (C=O) groups is 3. The smallest absolute Gasteiger partial charge is 0.308 e. The number of benzene rings is 2. The molecule has 8 nitrogen and oxygen atoms in total. The predicted molar refractivity (Wildman–Crippen MR) is 152 cm³/mol. The van der Waals surface area contributed by atoms with E-state index in [2.05, 4.69) is 10.3 Å². The first-order valence-corrected chi connectivity index (χ1v) is 14.2. The number of amides is 3. The summed E-state index contributed by atoms with van der Waals surface area (Å²) in [7, 11) is 0. The van der Waals surface area contributed by atoms with Gasteiger partial charge in [-0.15, -0.1) is 0 Å². The average molecular weight is 577 g/mol. The van der Waals surface area contributed by atoms with Crippen LogP contribution in [0, 0.1) is 12.8 Å². The van der Waals surface area contributed by atoms with Crippen LogP contribution in [0.1, 0.15) is 21.9 Å². The fourth-order valence-corrected chi connectivity index (χ4v) is 7.99. The van der Waals surface area contributed by atoms with Gasteiger partial charge in [0.1, 0.15) is 11.8 Å². The molecular formula is C28H21ClN4O4S2. The standard InChI is InChI=1S/C28H21ClN4O4S2/c1-15-4-2-6-18(12-15)31-20(34)14-32-27-24(39-28(32)37)21(16-5-3-11-30-13-16)22-23(38-27)26(36)33(25(22)35)19-9-7-17(29)8-10-19/h2-13,21-23H,14H2,1H3,(H,31,34). The molecule has 1 N–H and O–H groups in total. The van der Waals surface area contributed by atoms with Crippen LogP contribution in [0.3, 0.4) is 0 Å². The second-order valence-electron chi connectivity index (χ2n) is 9.36. The molecular weight excluding hydrogens is 556 g/mol. The lowest BCUT2D eigenvalue weighted by molar-refractivity contribution is -0.122. The number of nitrogens with one attached hydrogen (secondary N) is 1. The van der Waals surface area contributed by atoms with Crippen molar-refractivity contribution >= 4 is 63.8 Å². The molecule has 2 aromatic carbocycles. The van der Waals surface area contributed by atoms with Crippen molar-refractivity contribution in [2.75, 3.05) is 10.2 Å². The van der Waals surface area contributed by atoms with Crippen molar-refractivity contribution in [2.24, 2.45) is 5.92 Å². The van der Waals surface area contributed by atoms with Crippen molar-refractivity contribution in [3.05, 3.63) is 104 Å². The molecule has 2 aliphatic rings. The Morgan fingerprint density at radius 3 is 2.56 bits per heavy atom. The third-order valence-electron chi connectivity index (χ3n) is 6.78. The van der Waals surface area contributed by atoms with E-state index in [1.165, 1.54) is 21.2 Å². The molecule has 0 radical (unpaired) electrons. The summed E-state index contributed by atoms with van der Waals surface area (Å²) in [5.74, 6) is -2.37. The van der Waals surface area contributed by atoms with Gasteiger partial charge < -0.3 is 5.32 Å². The minimum absolute atomic E-state index is 0.216. The minimum atomic E-state index is -0.772. The lowest BCUT2D eigenvalue weighted by atomic mass is 9.84. The number of aromatic nitrogens is 2. The number of carbonyl (C=O) groups excluding carboxylic acids is 3. The Kier molecular flexibility index (Phi) is 6.62. The summed E-state index contributed by atoms with van der Waals surface area (Å²) < 4.78 is 1.40. The van der Waals surface area contributed by atoms with Gasteiger partial charge >= 0.3 is 4.87 Å². The fraction of sp³-hybridized carbons (Fsp3) is 0.179. The van der Waals surface area contributed by atoms with E-state index in [-0.39, 0.29) is 29.1 Å². The fourth-order valence-electron chi connectivity index (χ4n) is 5.09. The highest BCUT2D eigenvalue weighted by atomic mass is 35.5. The van der Waals surface area contributed by atoms with Crippen molar-refractivity contribution in [3.63, 3.8) is 0 Å². The van der Waals surface area contributed by atoms with Crippen LogP contribution < -0.4 is 15.1 Å². The van der Waals surface area contributed by atoms with E-state index in [1.54, 1.807) is 48.8 Å². The maximum absolute atomic E-state index is 13.8. The van der Waals surface area contributed by atoms with Crippen LogP contribution in [0.25, 0.3) is 0 Å². The number of thioether (sulfide) groups is 1. The van der Waals surface area contributed by atoms with E-state index in [4.69, 9.17) is 11.6 Å². The molecule has 4 aromatic rings.